The molecule has 0 saturated heterocycles. The zero-order valence-corrected chi connectivity index (χ0v) is 11.8. The number of hydrogen-bond donors (Lipinski definition) is 0. The van der Waals surface area contributed by atoms with E-state index in [0.717, 1.165) is 34.9 Å². The van der Waals surface area contributed by atoms with Crippen LogP contribution in [0.3, 0.4) is 0 Å². The van der Waals surface area contributed by atoms with Gasteiger partial charge in [-0.2, -0.15) is 0 Å². The average Bonchev–Trinajstić information content (AvgIpc) is 2.51. The summed E-state index contributed by atoms with van der Waals surface area (Å²) in [7, 11) is 0. The molecule has 2 nitrogen and oxygen atoms in total. The van der Waals surface area contributed by atoms with Crippen LogP contribution in [-0.4, -0.2) is 4.57 Å². The highest BCUT2D eigenvalue weighted by molar-refractivity contribution is 5.86. The minimum absolute atomic E-state index is 0.0417. The molecule has 1 heterocycles. The van der Waals surface area contributed by atoms with E-state index in [4.69, 9.17) is 0 Å². The van der Waals surface area contributed by atoms with Crippen molar-refractivity contribution < 1.29 is 4.39 Å². The summed E-state index contributed by atoms with van der Waals surface area (Å²) in [5, 5.41) is 1.63. The largest absolute Gasteiger partial charge is 0.315 e. The molecule has 0 atom stereocenters. The highest BCUT2D eigenvalue weighted by Crippen LogP contribution is 2.23. The van der Waals surface area contributed by atoms with E-state index < -0.39 is 0 Å². The lowest BCUT2D eigenvalue weighted by atomic mass is 10.0. The standard InChI is InChI=1S/C18H16FNO/c1-2-10-20-11-9-15-12-14(5-8-17(15)18(20)21)13-3-6-16(19)7-4-13/h3-9,11-12H,2,10H2,1H3. The first-order valence-corrected chi connectivity index (χ1v) is 7.08. The lowest BCUT2D eigenvalue weighted by molar-refractivity contribution is 0.628. The van der Waals surface area contributed by atoms with Crippen LogP contribution in [0.5, 0.6) is 0 Å². The van der Waals surface area contributed by atoms with Gasteiger partial charge in [0, 0.05) is 18.1 Å². The van der Waals surface area contributed by atoms with Gasteiger partial charge in [-0.1, -0.05) is 25.1 Å². The number of rotatable bonds is 3. The summed E-state index contributed by atoms with van der Waals surface area (Å²) < 4.78 is 14.7. The van der Waals surface area contributed by atoms with Crippen molar-refractivity contribution in [2.45, 2.75) is 19.9 Å². The minimum Gasteiger partial charge on any atom is -0.315 e. The summed E-state index contributed by atoms with van der Waals surface area (Å²) in [6.07, 6.45) is 2.77. The summed E-state index contributed by atoms with van der Waals surface area (Å²) in [5.74, 6) is -0.248. The van der Waals surface area contributed by atoms with Gasteiger partial charge in [-0.05, 0) is 53.3 Å². The maximum atomic E-state index is 13.0. The van der Waals surface area contributed by atoms with Gasteiger partial charge in [0.15, 0.2) is 0 Å². The molecule has 1 aromatic heterocycles. The first kappa shape index (κ1) is 13.6. The molecule has 0 bridgehead atoms. The molecule has 0 saturated carbocycles. The fraction of sp³-hybridized carbons (Fsp3) is 0.167. The molecule has 106 valence electrons. The number of aromatic nitrogens is 1. The summed E-state index contributed by atoms with van der Waals surface area (Å²) in [5.41, 5.74) is 1.96. The van der Waals surface area contributed by atoms with Crippen LogP contribution in [0, 0.1) is 5.82 Å². The van der Waals surface area contributed by atoms with Crippen LogP contribution >= 0.6 is 0 Å². The van der Waals surface area contributed by atoms with E-state index in [1.165, 1.54) is 12.1 Å². The first-order chi connectivity index (χ1) is 10.2. The Kier molecular flexibility index (Phi) is 3.57. The molecule has 3 aromatic rings. The molecule has 0 radical (unpaired) electrons. The number of benzene rings is 2. The Morgan fingerprint density at radius 1 is 1.00 bits per heavy atom. The molecule has 2 aromatic carbocycles. The number of hydrogen-bond acceptors (Lipinski definition) is 1. The molecule has 0 amide bonds. The molecular formula is C18H16FNO. The zero-order valence-electron chi connectivity index (χ0n) is 11.8. The van der Waals surface area contributed by atoms with Crippen molar-refractivity contribution in [3.05, 3.63) is 70.9 Å². The summed E-state index contributed by atoms with van der Waals surface area (Å²) in [4.78, 5) is 12.3. The van der Waals surface area contributed by atoms with E-state index >= 15 is 0 Å². The van der Waals surface area contributed by atoms with Gasteiger partial charge in [-0.3, -0.25) is 4.79 Å². The Labute approximate surface area is 122 Å². The van der Waals surface area contributed by atoms with Crippen molar-refractivity contribution in [3.8, 4) is 11.1 Å². The van der Waals surface area contributed by atoms with Crippen molar-refractivity contribution >= 4 is 10.8 Å². The Morgan fingerprint density at radius 3 is 2.43 bits per heavy atom. The Balaban J connectivity index is 2.11. The SMILES string of the molecule is CCCn1ccc2cc(-c3ccc(F)cc3)ccc2c1=O. The number of aryl methyl sites for hydroxylation is 1. The minimum atomic E-state index is -0.248. The molecule has 3 rings (SSSR count). The maximum Gasteiger partial charge on any atom is 0.258 e. The van der Waals surface area contributed by atoms with Crippen LogP contribution in [0.1, 0.15) is 13.3 Å². The van der Waals surface area contributed by atoms with Gasteiger partial charge in [0.1, 0.15) is 5.82 Å². The van der Waals surface area contributed by atoms with Gasteiger partial charge >= 0.3 is 0 Å². The lowest BCUT2D eigenvalue weighted by Crippen LogP contribution is -2.19. The van der Waals surface area contributed by atoms with Gasteiger partial charge in [0.2, 0.25) is 0 Å². The monoisotopic (exact) mass is 281 g/mol. The fourth-order valence-corrected chi connectivity index (χ4v) is 2.53. The topological polar surface area (TPSA) is 22.0 Å². The molecule has 0 aliphatic carbocycles. The van der Waals surface area contributed by atoms with Crippen LogP contribution in [-0.2, 0) is 6.54 Å². The van der Waals surface area contributed by atoms with Crippen molar-refractivity contribution in [2.24, 2.45) is 0 Å². The van der Waals surface area contributed by atoms with Gasteiger partial charge in [-0.15, -0.1) is 0 Å². The predicted molar refractivity (Wildman–Crippen MR) is 83.9 cm³/mol. The Bertz CT molecular complexity index is 834. The van der Waals surface area contributed by atoms with Gasteiger partial charge in [0.05, 0.1) is 0 Å². The Hall–Kier alpha value is -2.42. The molecule has 0 spiro atoms. The molecule has 0 unspecified atom stereocenters. The number of nitrogens with zero attached hydrogens (tertiary/aromatic N) is 1. The van der Waals surface area contributed by atoms with Crippen molar-refractivity contribution in [1.82, 2.24) is 4.57 Å². The van der Waals surface area contributed by atoms with Crippen LogP contribution in [0.2, 0.25) is 0 Å². The van der Waals surface area contributed by atoms with Crippen molar-refractivity contribution in [2.75, 3.05) is 0 Å². The predicted octanol–water partition coefficient (Wildman–Crippen LogP) is 4.22. The van der Waals surface area contributed by atoms with E-state index in [-0.39, 0.29) is 11.4 Å². The molecular weight excluding hydrogens is 265 g/mol. The van der Waals surface area contributed by atoms with Crippen molar-refractivity contribution in [1.29, 1.82) is 0 Å². The third-order valence-corrected chi connectivity index (χ3v) is 3.62. The van der Waals surface area contributed by atoms with Crippen LogP contribution in [0.15, 0.2) is 59.5 Å². The van der Waals surface area contributed by atoms with Crippen LogP contribution < -0.4 is 5.56 Å². The second-order valence-electron chi connectivity index (χ2n) is 5.12. The van der Waals surface area contributed by atoms with Gasteiger partial charge in [-0.25, -0.2) is 4.39 Å². The van der Waals surface area contributed by atoms with Crippen molar-refractivity contribution in [3.63, 3.8) is 0 Å². The molecule has 0 N–H and O–H groups in total. The fourth-order valence-electron chi connectivity index (χ4n) is 2.53. The normalized spacial score (nSPS) is 11.0. The van der Waals surface area contributed by atoms with Crippen LogP contribution in [0.25, 0.3) is 21.9 Å². The lowest BCUT2D eigenvalue weighted by Gasteiger charge is -2.07. The first-order valence-electron chi connectivity index (χ1n) is 7.08. The van der Waals surface area contributed by atoms with E-state index in [2.05, 4.69) is 0 Å². The number of pyridine rings is 1. The Morgan fingerprint density at radius 2 is 1.71 bits per heavy atom. The second-order valence-corrected chi connectivity index (χ2v) is 5.12. The summed E-state index contributed by atoms with van der Waals surface area (Å²) in [6, 6.07) is 14.1. The zero-order chi connectivity index (χ0) is 14.8. The van der Waals surface area contributed by atoms with E-state index in [1.807, 2.05) is 37.4 Å². The van der Waals surface area contributed by atoms with Gasteiger partial charge in [0.25, 0.3) is 5.56 Å². The molecule has 21 heavy (non-hydrogen) atoms. The molecule has 0 aliphatic heterocycles. The summed E-state index contributed by atoms with van der Waals surface area (Å²) >= 11 is 0. The number of fused-ring (bicyclic) bond motifs is 1. The third kappa shape index (κ3) is 2.59. The maximum absolute atomic E-state index is 13.0. The quantitative estimate of drug-likeness (QED) is 0.704. The second kappa shape index (κ2) is 5.52. The number of halogens is 1. The van der Waals surface area contributed by atoms with Crippen LogP contribution in [0.4, 0.5) is 4.39 Å². The van der Waals surface area contributed by atoms with E-state index in [1.54, 1.807) is 16.7 Å². The van der Waals surface area contributed by atoms with E-state index in [9.17, 15) is 9.18 Å². The molecule has 0 aliphatic rings. The highest BCUT2D eigenvalue weighted by atomic mass is 19.1. The summed E-state index contributed by atoms with van der Waals surface area (Å²) in [6.45, 7) is 2.78. The average molecular weight is 281 g/mol. The smallest absolute Gasteiger partial charge is 0.258 e. The molecule has 0 fully saturated rings. The molecule has 3 heteroatoms. The highest BCUT2D eigenvalue weighted by Gasteiger charge is 2.05. The van der Waals surface area contributed by atoms with Gasteiger partial charge < -0.3 is 4.57 Å². The third-order valence-electron chi connectivity index (χ3n) is 3.62. The van der Waals surface area contributed by atoms with E-state index in [0.29, 0.717) is 0 Å².